The molecule has 128 valence electrons. The lowest BCUT2D eigenvalue weighted by atomic mass is 10.1. The van der Waals surface area contributed by atoms with E-state index in [1.54, 1.807) is 0 Å². The van der Waals surface area contributed by atoms with E-state index in [0.717, 1.165) is 31.9 Å². The first kappa shape index (κ1) is 15.4. The van der Waals surface area contributed by atoms with E-state index in [0.29, 0.717) is 17.9 Å². The zero-order valence-corrected chi connectivity index (χ0v) is 13.9. The lowest BCUT2D eigenvalue weighted by molar-refractivity contribution is -0.124. The summed E-state index contributed by atoms with van der Waals surface area (Å²) in [6.45, 7) is 6.54. The standard InChI is InChI=1S/C17H28N4O2/c1-11-9-21(13-4-6-18-7-5-13)10-15(11)19-17(22)14-8-16(23-20-14)12-2-3-12/h8,11-15,18,20H,2-7,9-10H2,1H3,(H,19,22). The quantitative estimate of drug-likeness (QED) is 0.699. The lowest BCUT2D eigenvalue weighted by Crippen LogP contribution is -2.48. The summed E-state index contributed by atoms with van der Waals surface area (Å²) in [6, 6.07) is 0.596. The molecule has 6 nitrogen and oxygen atoms in total. The third kappa shape index (κ3) is 3.39. The van der Waals surface area contributed by atoms with E-state index in [-0.39, 0.29) is 18.0 Å². The van der Waals surface area contributed by atoms with Crippen LogP contribution >= 0.6 is 0 Å². The number of hydrogen-bond acceptors (Lipinski definition) is 5. The van der Waals surface area contributed by atoms with Gasteiger partial charge in [0.05, 0.1) is 0 Å². The van der Waals surface area contributed by atoms with Crippen molar-refractivity contribution in [2.24, 2.45) is 11.8 Å². The minimum Gasteiger partial charge on any atom is -0.412 e. The molecule has 6 heteroatoms. The SMILES string of the molecule is CC1CN(C2CCNCC2)CC1NC(=O)C1C=C(C2CC2)ON1. The first-order valence-corrected chi connectivity index (χ1v) is 9.10. The lowest BCUT2D eigenvalue weighted by Gasteiger charge is -2.31. The van der Waals surface area contributed by atoms with E-state index in [1.165, 1.54) is 25.7 Å². The Kier molecular flexibility index (Phi) is 4.30. The average molecular weight is 320 g/mol. The number of carbonyl (C=O) groups excluding carboxylic acids is 1. The fourth-order valence-corrected chi connectivity index (χ4v) is 4.01. The Morgan fingerprint density at radius 1 is 1.26 bits per heavy atom. The largest absolute Gasteiger partial charge is 0.412 e. The van der Waals surface area contributed by atoms with Crippen molar-refractivity contribution in [3.05, 3.63) is 11.8 Å². The number of rotatable bonds is 4. The summed E-state index contributed by atoms with van der Waals surface area (Å²) >= 11 is 0. The van der Waals surface area contributed by atoms with Crippen molar-refractivity contribution in [1.29, 1.82) is 0 Å². The number of allylic oxidation sites excluding steroid dienone is 1. The van der Waals surface area contributed by atoms with Gasteiger partial charge in [-0.3, -0.25) is 9.69 Å². The maximum atomic E-state index is 12.5. The maximum absolute atomic E-state index is 12.5. The van der Waals surface area contributed by atoms with E-state index in [2.05, 4.69) is 27.9 Å². The van der Waals surface area contributed by atoms with Crippen molar-refractivity contribution in [2.45, 2.75) is 50.7 Å². The molecule has 4 rings (SSSR count). The second-order valence-corrected chi connectivity index (χ2v) is 7.57. The third-order valence-electron chi connectivity index (χ3n) is 5.69. The number of piperidine rings is 1. The van der Waals surface area contributed by atoms with Crippen molar-refractivity contribution in [1.82, 2.24) is 21.0 Å². The Bertz CT molecular complexity index is 485. The Balaban J connectivity index is 1.30. The van der Waals surface area contributed by atoms with Crippen LogP contribution in [0.3, 0.4) is 0 Å². The summed E-state index contributed by atoms with van der Waals surface area (Å²) < 4.78 is 0. The van der Waals surface area contributed by atoms with Gasteiger partial charge in [-0.1, -0.05) is 6.92 Å². The Hall–Kier alpha value is -1.11. The highest BCUT2D eigenvalue weighted by molar-refractivity contribution is 5.84. The number of hydrogen-bond donors (Lipinski definition) is 3. The molecule has 1 amide bonds. The molecule has 1 aliphatic carbocycles. The second-order valence-electron chi connectivity index (χ2n) is 7.57. The minimum atomic E-state index is -0.328. The molecular formula is C17H28N4O2. The van der Waals surface area contributed by atoms with Crippen LogP contribution in [0.25, 0.3) is 0 Å². The van der Waals surface area contributed by atoms with Gasteiger partial charge >= 0.3 is 0 Å². The van der Waals surface area contributed by atoms with Crippen LogP contribution in [0.15, 0.2) is 11.8 Å². The van der Waals surface area contributed by atoms with Crippen LogP contribution in [0, 0.1) is 11.8 Å². The molecule has 0 radical (unpaired) electrons. The van der Waals surface area contributed by atoms with Crippen LogP contribution in [-0.2, 0) is 9.63 Å². The maximum Gasteiger partial charge on any atom is 0.244 e. The first-order chi connectivity index (χ1) is 11.2. The highest BCUT2D eigenvalue weighted by Gasteiger charge is 2.38. The number of nitrogens with one attached hydrogen (secondary N) is 3. The number of nitrogens with zero attached hydrogens (tertiary/aromatic N) is 1. The molecule has 3 unspecified atom stereocenters. The van der Waals surface area contributed by atoms with Gasteiger partial charge < -0.3 is 15.5 Å². The molecule has 0 bridgehead atoms. The van der Waals surface area contributed by atoms with Crippen molar-refractivity contribution in [3.63, 3.8) is 0 Å². The van der Waals surface area contributed by atoms with E-state index < -0.39 is 0 Å². The highest BCUT2D eigenvalue weighted by Crippen LogP contribution is 2.38. The first-order valence-electron chi connectivity index (χ1n) is 9.10. The smallest absolute Gasteiger partial charge is 0.244 e. The monoisotopic (exact) mass is 320 g/mol. The number of hydroxylamine groups is 1. The highest BCUT2D eigenvalue weighted by atomic mass is 16.7. The van der Waals surface area contributed by atoms with Gasteiger partial charge in [-0.2, -0.15) is 0 Å². The summed E-state index contributed by atoms with van der Waals surface area (Å²) in [7, 11) is 0. The van der Waals surface area contributed by atoms with Crippen LogP contribution in [0.5, 0.6) is 0 Å². The van der Waals surface area contributed by atoms with Gasteiger partial charge in [-0.05, 0) is 50.8 Å². The summed E-state index contributed by atoms with van der Waals surface area (Å²) in [6.07, 6.45) is 6.77. The van der Waals surface area contributed by atoms with Gasteiger partial charge in [0, 0.05) is 31.1 Å². The van der Waals surface area contributed by atoms with Gasteiger partial charge in [-0.15, -0.1) is 5.48 Å². The number of likely N-dealkylation sites (tertiary alicyclic amines) is 1. The Labute approximate surface area is 138 Å². The molecule has 1 saturated carbocycles. The van der Waals surface area contributed by atoms with Crippen LogP contribution in [-0.4, -0.2) is 55.1 Å². The molecule has 3 N–H and O–H groups in total. The van der Waals surface area contributed by atoms with Crippen LogP contribution in [0.2, 0.25) is 0 Å². The normalized spacial score (nSPS) is 35.9. The zero-order valence-electron chi connectivity index (χ0n) is 13.9. The van der Waals surface area contributed by atoms with Gasteiger partial charge in [0.25, 0.3) is 0 Å². The average Bonchev–Trinajstić information content (AvgIpc) is 3.18. The summed E-state index contributed by atoms with van der Waals surface area (Å²) in [4.78, 5) is 20.5. The minimum absolute atomic E-state index is 0.0460. The molecule has 3 fully saturated rings. The van der Waals surface area contributed by atoms with Crippen LogP contribution < -0.4 is 16.1 Å². The summed E-state index contributed by atoms with van der Waals surface area (Å²) in [5.41, 5.74) is 2.86. The number of amides is 1. The Morgan fingerprint density at radius 3 is 2.78 bits per heavy atom. The van der Waals surface area contributed by atoms with Crippen molar-refractivity contribution < 1.29 is 9.63 Å². The molecule has 0 aromatic heterocycles. The van der Waals surface area contributed by atoms with E-state index in [1.807, 2.05) is 6.08 Å². The van der Waals surface area contributed by atoms with Gasteiger partial charge in [-0.25, -0.2) is 0 Å². The third-order valence-corrected chi connectivity index (χ3v) is 5.69. The number of carbonyl (C=O) groups is 1. The Morgan fingerprint density at radius 2 is 2.04 bits per heavy atom. The molecule has 23 heavy (non-hydrogen) atoms. The molecular weight excluding hydrogens is 292 g/mol. The molecule has 0 aromatic carbocycles. The predicted octanol–water partition coefficient (Wildman–Crippen LogP) is 0.372. The van der Waals surface area contributed by atoms with E-state index >= 15 is 0 Å². The van der Waals surface area contributed by atoms with Crippen LogP contribution in [0.1, 0.15) is 32.6 Å². The van der Waals surface area contributed by atoms with Crippen molar-refractivity contribution >= 4 is 5.91 Å². The molecule has 4 aliphatic rings. The zero-order chi connectivity index (χ0) is 15.8. The van der Waals surface area contributed by atoms with Crippen molar-refractivity contribution in [2.75, 3.05) is 26.2 Å². The summed E-state index contributed by atoms with van der Waals surface area (Å²) in [5, 5.41) is 6.66. The molecule has 2 saturated heterocycles. The second kappa shape index (κ2) is 6.42. The summed E-state index contributed by atoms with van der Waals surface area (Å²) in [5.74, 6) is 2.05. The predicted molar refractivity (Wildman–Crippen MR) is 87.4 cm³/mol. The molecule has 3 aliphatic heterocycles. The molecule has 0 aromatic rings. The van der Waals surface area contributed by atoms with Crippen LogP contribution in [0.4, 0.5) is 0 Å². The van der Waals surface area contributed by atoms with Gasteiger partial charge in [0.15, 0.2) is 0 Å². The molecule has 3 atom stereocenters. The molecule has 3 heterocycles. The van der Waals surface area contributed by atoms with Gasteiger partial charge in [0.2, 0.25) is 5.91 Å². The van der Waals surface area contributed by atoms with Gasteiger partial charge in [0.1, 0.15) is 11.8 Å². The fourth-order valence-electron chi connectivity index (χ4n) is 4.01. The fraction of sp³-hybridized carbons (Fsp3) is 0.824. The van der Waals surface area contributed by atoms with E-state index in [9.17, 15) is 4.79 Å². The van der Waals surface area contributed by atoms with E-state index in [4.69, 9.17) is 4.84 Å². The molecule has 0 spiro atoms. The van der Waals surface area contributed by atoms with Crippen molar-refractivity contribution in [3.8, 4) is 0 Å². The topological polar surface area (TPSA) is 65.6 Å².